The van der Waals surface area contributed by atoms with Gasteiger partial charge in [-0.3, -0.25) is 47.9 Å². The Morgan fingerprint density at radius 2 is 1.02 bits per heavy atom. The van der Waals surface area contributed by atoms with Gasteiger partial charge in [0.1, 0.15) is 42.3 Å². The summed E-state index contributed by atoms with van der Waals surface area (Å²) in [5, 5.41) is 63.4. The summed E-state index contributed by atoms with van der Waals surface area (Å²) in [6.07, 6.45) is -3.02. The maximum atomic E-state index is 13.5. The van der Waals surface area contributed by atoms with Gasteiger partial charge < -0.3 is 68.5 Å². The van der Waals surface area contributed by atoms with Crippen LogP contribution in [0, 0.1) is 11.8 Å². The number of carboxylic acids is 4. The Kier molecular flexibility index (Phi) is 23.7. The molecule has 24 nitrogen and oxygen atoms in total. The van der Waals surface area contributed by atoms with Crippen molar-refractivity contribution in [2.75, 3.05) is 6.61 Å². The average Bonchev–Trinajstić information content (AvgIpc) is 3.20. The lowest BCUT2D eigenvalue weighted by molar-refractivity contribution is -0.143. The minimum Gasteiger partial charge on any atom is -0.481 e. The van der Waals surface area contributed by atoms with Crippen LogP contribution in [0.1, 0.15) is 78.7 Å². The zero-order valence-corrected chi connectivity index (χ0v) is 36.1. The molecule has 0 saturated carbocycles. The SMILES string of the molecule is CC(C)C[C@H](NC(=O)[C@@H](NC(=O)[C@@H](N)CCC(=O)O)C(C)C)C(=O)N[C@@H](CO)C(=O)N[C@@H](CC(=O)O)C(=O)N[C@@H](C)C(=O)N[C@@H](CCC(=O)O)C(=O)N[C@@H](Cc1ccccc1)C(=O)O. The lowest BCUT2D eigenvalue weighted by Gasteiger charge is -2.28. The second-order valence-corrected chi connectivity index (χ2v) is 15.7. The van der Waals surface area contributed by atoms with E-state index >= 15 is 0 Å². The Hall–Kier alpha value is -6.69. The fourth-order valence-corrected chi connectivity index (χ4v) is 5.83. The molecule has 24 heteroatoms. The Morgan fingerprint density at radius 1 is 0.531 bits per heavy atom. The van der Waals surface area contributed by atoms with Gasteiger partial charge in [0, 0.05) is 19.3 Å². The van der Waals surface area contributed by atoms with Crippen molar-refractivity contribution in [3.63, 3.8) is 0 Å². The molecule has 0 heterocycles. The topological polar surface area (TPSA) is 399 Å². The van der Waals surface area contributed by atoms with E-state index in [1.807, 2.05) is 0 Å². The van der Waals surface area contributed by atoms with Crippen molar-refractivity contribution < 1.29 is 78.3 Å². The molecule has 0 radical (unpaired) electrons. The smallest absolute Gasteiger partial charge is 0.326 e. The molecule has 0 spiro atoms. The molecule has 0 unspecified atom stereocenters. The summed E-state index contributed by atoms with van der Waals surface area (Å²) in [5.41, 5.74) is 6.32. The van der Waals surface area contributed by atoms with Crippen LogP contribution in [0.4, 0.5) is 0 Å². The first-order valence-electron chi connectivity index (χ1n) is 20.3. The summed E-state index contributed by atoms with van der Waals surface area (Å²) in [6.45, 7) is 6.59. The van der Waals surface area contributed by atoms with Gasteiger partial charge in [0.2, 0.25) is 41.4 Å². The van der Waals surface area contributed by atoms with Crippen LogP contribution in [0.3, 0.4) is 0 Å². The number of carboxylic acid groups (broad SMARTS) is 4. The number of aliphatic hydroxyl groups excluding tert-OH is 1. The van der Waals surface area contributed by atoms with Crippen LogP contribution in [0.25, 0.3) is 0 Å². The fourth-order valence-electron chi connectivity index (χ4n) is 5.83. The Morgan fingerprint density at radius 3 is 1.53 bits per heavy atom. The minimum atomic E-state index is -1.94. The third kappa shape index (κ3) is 20.5. The van der Waals surface area contributed by atoms with Gasteiger partial charge >= 0.3 is 23.9 Å². The van der Waals surface area contributed by atoms with E-state index in [1.165, 1.54) is 0 Å². The molecule has 64 heavy (non-hydrogen) atoms. The van der Waals surface area contributed by atoms with Crippen LogP contribution in [0.15, 0.2) is 30.3 Å². The van der Waals surface area contributed by atoms with E-state index < -0.39 is 152 Å². The molecule has 0 aliphatic rings. The molecular formula is C40H60N8O16. The van der Waals surface area contributed by atoms with Gasteiger partial charge in [0.25, 0.3) is 0 Å². The van der Waals surface area contributed by atoms with E-state index in [1.54, 1.807) is 58.0 Å². The van der Waals surface area contributed by atoms with Crippen LogP contribution in [0.2, 0.25) is 0 Å². The second kappa shape index (κ2) is 27.4. The van der Waals surface area contributed by atoms with Crippen LogP contribution in [-0.4, -0.2) is 146 Å². The molecule has 0 aliphatic carbocycles. The molecular weight excluding hydrogens is 848 g/mol. The normalized spacial score (nSPS) is 14.8. The number of hydrogen-bond acceptors (Lipinski definition) is 13. The van der Waals surface area contributed by atoms with Crippen LogP contribution < -0.4 is 43.0 Å². The Labute approximate surface area is 368 Å². The number of carbonyl (C=O) groups excluding carboxylic acids is 7. The summed E-state index contributed by atoms with van der Waals surface area (Å²) in [7, 11) is 0. The van der Waals surface area contributed by atoms with Gasteiger partial charge in [-0.25, -0.2) is 4.79 Å². The molecule has 1 rings (SSSR count). The highest BCUT2D eigenvalue weighted by atomic mass is 16.4. The van der Waals surface area contributed by atoms with Gasteiger partial charge in [-0.05, 0) is 43.6 Å². The molecule has 8 atom stereocenters. The number of rotatable bonds is 29. The minimum absolute atomic E-state index is 0.0229. The molecule has 14 N–H and O–H groups in total. The number of aliphatic carboxylic acids is 4. The lowest BCUT2D eigenvalue weighted by atomic mass is 9.99. The van der Waals surface area contributed by atoms with E-state index in [4.69, 9.17) is 10.8 Å². The maximum Gasteiger partial charge on any atom is 0.326 e. The van der Waals surface area contributed by atoms with Gasteiger partial charge in [0.05, 0.1) is 19.1 Å². The third-order valence-electron chi connectivity index (χ3n) is 9.35. The van der Waals surface area contributed by atoms with Crippen molar-refractivity contribution in [3.05, 3.63) is 35.9 Å². The van der Waals surface area contributed by atoms with Gasteiger partial charge in [0.15, 0.2) is 0 Å². The third-order valence-corrected chi connectivity index (χ3v) is 9.35. The molecule has 0 aromatic heterocycles. The highest BCUT2D eigenvalue weighted by Gasteiger charge is 2.35. The quantitative estimate of drug-likeness (QED) is 0.0380. The molecule has 356 valence electrons. The zero-order valence-electron chi connectivity index (χ0n) is 36.1. The fraction of sp³-hybridized carbons (Fsp3) is 0.575. The summed E-state index contributed by atoms with van der Waals surface area (Å²) in [4.78, 5) is 138. The van der Waals surface area contributed by atoms with E-state index in [-0.39, 0.29) is 25.2 Å². The first-order chi connectivity index (χ1) is 29.9. The summed E-state index contributed by atoms with van der Waals surface area (Å²) >= 11 is 0. The molecule has 1 aromatic rings. The van der Waals surface area contributed by atoms with Crippen LogP contribution in [0.5, 0.6) is 0 Å². The van der Waals surface area contributed by atoms with Crippen molar-refractivity contribution in [1.29, 1.82) is 0 Å². The number of aliphatic hydroxyl groups is 1. The highest BCUT2D eigenvalue weighted by Crippen LogP contribution is 2.10. The highest BCUT2D eigenvalue weighted by molar-refractivity contribution is 5.98. The Balaban J connectivity index is 3.14. The molecule has 0 saturated heterocycles. The number of benzene rings is 1. The molecule has 1 aromatic carbocycles. The number of nitrogens with two attached hydrogens (primary N) is 1. The second-order valence-electron chi connectivity index (χ2n) is 15.7. The maximum absolute atomic E-state index is 13.5. The first-order valence-corrected chi connectivity index (χ1v) is 20.3. The first kappa shape index (κ1) is 55.3. The standard InChI is InChI=1S/C40H60N8O16/c1-19(2)15-25(45-39(62)32(20(3)4)48-34(57)23(41)11-13-29(50)51)37(60)47-28(18-49)38(61)44-26(17-31(54)55)36(59)42-21(5)33(56)43-24(12-14-30(52)53)35(58)46-27(40(63)64)16-22-9-7-6-8-10-22/h6-10,19-21,23-28,32,49H,11-18,41H2,1-5H3,(H,42,59)(H,43,56)(H,44,61)(H,45,62)(H,46,58)(H,47,60)(H,48,57)(H,50,51)(H,52,53)(H,54,55)(H,63,64)/t21-,23-,24-,25-,26-,27-,28-,32-/m0/s1. The Bertz CT molecular complexity index is 1830. The molecule has 0 aliphatic heterocycles. The number of amides is 7. The van der Waals surface area contributed by atoms with Gasteiger partial charge in [-0.1, -0.05) is 58.0 Å². The van der Waals surface area contributed by atoms with E-state index in [0.29, 0.717) is 5.56 Å². The van der Waals surface area contributed by atoms with Crippen molar-refractivity contribution in [2.45, 2.75) is 128 Å². The van der Waals surface area contributed by atoms with E-state index in [0.717, 1.165) is 6.92 Å². The predicted molar refractivity (Wildman–Crippen MR) is 222 cm³/mol. The van der Waals surface area contributed by atoms with Gasteiger partial charge in [-0.2, -0.15) is 0 Å². The lowest BCUT2D eigenvalue weighted by Crippen LogP contribution is -2.61. The van der Waals surface area contributed by atoms with Crippen LogP contribution >= 0.6 is 0 Å². The average molecular weight is 909 g/mol. The van der Waals surface area contributed by atoms with Crippen molar-refractivity contribution >= 4 is 65.2 Å². The van der Waals surface area contributed by atoms with Crippen molar-refractivity contribution in [2.24, 2.45) is 17.6 Å². The monoisotopic (exact) mass is 908 g/mol. The van der Waals surface area contributed by atoms with Crippen molar-refractivity contribution in [3.8, 4) is 0 Å². The molecule has 0 bridgehead atoms. The zero-order chi connectivity index (χ0) is 48.8. The van der Waals surface area contributed by atoms with Gasteiger partial charge in [-0.15, -0.1) is 0 Å². The van der Waals surface area contributed by atoms with E-state index in [2.05, 4.69) is 37.2 Å². The molecule has 7 amide bonds. The summed E-state index contributed by atoms with van der Waals surface area (Å²) < 4.78 is 0. The predicted octanol–water partition coefficient (Wildman–Crippen LogP) is -3.05. The summed E-state index contributed by atoms with van der Waals surface area (Å²) in [6, 6.07) is -4.09. The van der Waals surface area contributed by atoms with Crippen molar-refractivity contribution in [1.82, 2.24) is 37.2 Å². The number of carbonyl (C=O) groups is 11. The van der Waals surface area contributed by atoms with E-state index in [9.17, 15) is 73.2 Å². The number of nitrogens with one attached hydrogen (secondary N) is 7. The number of hydrogen-bond donors (Lipinski definition) is 13. The van der Waals surface area contributed by atoms with Crippen LogP contribution in [-0.2, 0) is 59.2 Å². The molecule has 0 fully saturated rings. The largest absolute Gasteiger partial charge is 0.481 e. The summed E-state index contributed by atoms with van der Waals surface area (Å²) in [5.74, 6) is -13.7.